The molecule has 108 valence electrons. The summed E-state index contributed by atoms with van der Waals surface area (Å²) < 4.78 is 5.58. The van der Waals surface area contributed by atoms with Gasteiger partial charge in [-0.05, 0) is 62.8 Å². The maximum atomic E-state index is 9.78. The molecule has 0 saturated carbocycles. The largest absolute Gasteiger partial charge is 0.494 e. The lowest BCUT2D eigenvalue weighted by molar-refractivity contribution is 0.0227. The number of aliphatic hydroxyl groups excluding tert-OH is 2. The molecule has 0 heterocycles. The van der Waals surface area contributed by atoms with Crippen LogP contribution in [0.2, 0.25) is 0 Å². The summed E-state index contributed by atoms with van der Waals surface area (Å²) in [7, 11) is 0. The Morgan fingerprint density at radius 2 is 1.74 bits per heavy atom. The predicted molar refractivity (Wildman–Crippen MR) is 77.8 cm³/mol. The van der Waals surface area contributed by atoms with Crippen LogP contribution in [0, 0.1) is 13.8 Å². The standard InChI is InChI=1S/C16H26O3/c1-6-19-16-8-7-14(11(3)12(16)4)10(2)9-15(18)13(5)17/h7-8,10,13,15,17-18H,6,9H2,1-5H3. The lowest BCUT2D eigenvalue weighted by Crippen LogP contribution is -2.24. The van der Waals surface area contributed by atoms with Gasteiger partial charge in [0.25, 0.3) is 0 Å². The SMILES string of the molecule is CCOc1ccc(C(C)CC(O)C(C)O)c(C)c1C. The molecule has 3 nitrogen and oxygen atoms in total. The summed E-state index contributed by atoms with van der Waals surface area (Å²) in [6.45, 7) is 10.5. The van der Waals surface area contributed by atoms with Crippen LogP contribution in [-0.4, -0.2) is 29.0 Å². The predicted octanol–water partition coefficient (Wildman–Crippen LogP) is 2.94. The molecule has 0 radical (unpaired) electrons. The molecule has 0 amide bonds. The van der Waals surface area contributed by atoms with Crippen molar-refractivity contribution < 1.29 is 14.9 Å². The highest BCUT2D eigenvalue weighted by Crippen LogP contribution is 2.31. The highest BCUT2D eigenvalue weighted by atomic mass is 16.5. The number of aliphatic hydroxyl groups is 2. The van der Waals surface area contributed by atoms with Crippen molar-refractivity contribution in [2.45, 2.75) is 59.2 Å². The van der Waals surface area contributed by atoms with Gasteiger partial charge in [-0.2, -0.15) is 0 Å². The molecule has 19 heavy (non-hydrogen) atoms. The summed E-state index contributed by atoms with van der Waals surface area (Å²) in [6, 6.07) is 4.05. The molecule has 0 bridgehead atoms. The molecular weight excluding hydrogens is 240 g/mol. The molecule has 0 spiro atoms. The molecule has 1 aromatic rings. The molecule has 3 heteroatoms. The van der Waals surface area contributed by atoms with Gasteiger partial charge < -0.3 is 14.9 Å². The Kier molecular flexibility index (Phi) is 5.83. The second-order valence-corrected chi connectivity index (χ2v) is 5.28. The first-order valence-corrected chi connectivity index (χ1v) is 6.97. The van der Waals surface area contributed by atoms with E-state index >= 15 is 0 Å². The van der Waals surface area contributed by atoms with Crippen molar-refractivity contribution in [3.05, 3.63) is 28.8 Å². The molecule has 0 saturated heterocycles. The van der Waals surface area contributed by atoms with Crippen LogP contribution in [0.25, 0.3) is 0 Å². The van der Waals surface area contributed by atoms with Crippen LogP contribution in [0.3, 0.4) is 0 Å². The summed E-state index contributed by atoms with van der Waals surface area (Å²) in [4.78, 5) is 0. The van der Waals surface area contributed by atoms with E-state index in [1.165, 1.54) is 11.1 Å². The van der Waals surface area contributed by atoms with E-state index in [1.54, 1.807) is 6.92 Å². The fraction of sp³-hybridized carbons (Fsp3) is 0.625. The number of ether oxygens (including phenoxy) is 1. The Bertz CT molecular complexity index is 413. The lowest BCUT2D eigenvalue weighted by Gasteiger charge is -2.22. The minimum Gasteiger partial charge on any atom is -0.494 e. The van der Waals surface area contributed by atoms with Gasteiger partial charge in [-0.25, -0.2) is 0 Å². The zero-order chi connectivity index (χ0) is 14.6. The third-order valence-corrected chi connectivity index (χ3v) is 3.76. The van der Waals surface area contributed by atoms with Crippen LogP contribution >= 0.6 is 0 Å². The Hall–Kier alpha value is -1.06. The molecule has 0 aromatic heterocycles. The van der Waals surface area contributed by atoms with Gasteiger partial charge >= 0.3 is 0 Å². The van der Waals surface area contributed by atoms with Crippen LogP contribution in [0.4, 0.5) is 0 Å². The highest BCUT2D eigenvalue weighted by molar-refractivity contribution is 5.44. The van der Waals surface area contributed by atoms with Gasteiger partial charge in [0.05, 0.1) is 18.8 Å². The number of hydrogen-bond donors (Lipinski definition) is 2. The van der Waals surface area contributed by atoms with Crippen molar-refractivity contribution >= 4 is 0 Å². The smallest absolute Gasteiger partial charge is 0.122 e. The molecule has 3 atom stereocenters. The van der Waals surface area contributed by atoms with E-state index in [0.717, 1.165) is 11.3 Å². The minimum atomic E-state index is -0.688. The summed E-state index contributed by atoms with van der Waals surface area (Å²) in [5, 5.41) is 19.2. The van der Waals surface area contributed by atoms with E-state index in [9.17, 15) is 10.2 Å². The van der Waals surface area contributed by atoms with Crippen molar-refractivity contribution in [2.75, 3.05) is 6.61 Å². The van der Waals surface area contributed by atoms with E-state index in [2.05, 4.69) is 26.8 Å². The van der Waals surface area contributed by atoms with Gasteiger partial charge in [0.1, 0.15) is 5.75 Å². The monoisotopic (exact) mass is 266 g/mol. The Morgan fingerprint density at radius 1 is 1.11 bits per heavy atom. The van der Waals surface area contributed by atoms with Crippen LogP contribution in [-0.2, 0) is 0 Å². The molecule has 0 aliphatic carbocycles. The molecular formula is C16H26O3. The van der Waals surface area contributed by atoms with Crippen molar-refractivity contribution in [3.8, 4) is 5.75 Å². The first kappa shape index (κ1) is 16.0. The Morgan fingerprint density at radius 3 is 2.26 bits per heavy atom. The average Bonchev–Trinajstić information content (AvgIpc) is 2.35. The van der Waals surface area contributed by atoms with E-state index < -0.39 is 12.2 Å². The molecule has 1 rings (SSSR count). The molecule has 0 aliphatic rings. The zero-order valence-corrected chi connectivity index (χ0v) is 12.6. The van der Waals surface area contributed by atoms with E-state index in [4.69, 9.17) is 4.74 Å². The zero-order valence-electron chi connectivity index (χ0n) is 12.6. The lowest BCUT2D eigenvalue weighted by atomic mass is 9.88. The van der Waals surface area contributed by atoms with Crippen molar-refractivity contribution in [1.82, 2.24) is 0 Å². The molecule has 1 aromatic carbocycles. The van der Waals surface area contributed by atoms with Gasteiger partial charge in [-0.3, -0.25) is 0 Å². The van der Waals surface area contributed by atoms with E-state index in [-0.39, 0.29) is 5.92 Å². The second kappa shape index (κ2) is 6.92. The molecule has 0 aliphatic heterocycles. The maximum Gasteiger partial charge on any atom is 0.122 e. The fourth-order valence-electron chi connectivity index (χ4n) is 2.35. The van der Waals surface area contributed by atoms with Crippen LogP contribution in [0.15, 0.2) is 12.1 Å². The number of hydrogen-bond acceptors (Lipinski definition) is 3. The third kappa shape index (κ3) is 3.95. The van der Waals surface area contributed by atoms with E-state index in [1.807, 2.05) is 13.0 Å². The summed E-state index contributed by atoms with van der Waals surface area (Å²) in [5.41, 5.74) is 3.56. The second-order valence-electron chi connectivity index (χ2n) is 5.28. The first-order valence-electron chi connectivity index (χ1n) is 6.97. The molecule has 3 unspecified atom stereocenters. The summed E-state index contributed by atoms with van der Waals surface area (Å²) >= 11 is 0. The normalized spacial score (nSPS) is 15.9. The Labute approximate surface area is 116 Å². The van der Waals surface area contributed by atoms with E-state index in [0.29, 0.717) is 13.0 Å². The van der Waals surface area contributed by atoms with Gasteiger partial charge in [0.2, 0.25) is 0 Å². The van der Waals surface area contributed by atoms with Gasteiger partial charge in [0.15, 0.2) is 0 Å². The number of benzene rings is 1. The highest BCUT2D eigenvalue weighted by Gasteiger charge is 2.19. The topological polar surface area (TPSA) is 49.7 Å². The average molecular weight is 266 g/mol. The first-order chi connectivity index (χ1) is 8.88. The van der Waals surface area contributed by atoms with Gasteiger partial charge in [0, 0.05) is 0 Å². The summed E-state index contributed by atoms with van der Waals surface area (Å²) in [6.07, 6.45) is -0.806. The number of rotatable bonds is 6. The minimum absolute atomic E-state index is 0.207. The molecule has 2 N–H and O–H groups in total. The van der Waals surface area contributed by atoms with Crippen LogP contribution in [0.5, 0.6) is 5.75 Å². The molecule has 0 fully saturated rings. The van der Waals surface area contributed by atoms with Crippen molar-refractivity contribution in [2.24, 2.45) is 0 Å². The quantitative estimate of drug-likeness (QED) is 0.832. The van der Waals surface area contributed by atoms with Crippen molar-refractivity contribution in [3.63, 3.8) is 0 Å². The summed E-state index contributed by atoms with van der Waals surface area (Å²) in [5.74, 6) is 1.13. The maximum absolute atomic E-state index is 9.78. The van der Waals surface area contributed by atoms with Crippen LogP contribution < -0.4 is 4.74 Å². The van der Waals surface area contributed by atoms with Crippen molar-refractivity contribution in [1.29, 1.82) is 0 Å². The fourth-order valence-corrected chi connectivity index (χ4v) is 2.35. The van der Waals surface area contributed by atoms with Gasteiger partial charge in [-0.15, -0.1) is 0 Å². The van der Waals surface area contributed by atoms with Crippen LogP contribution in [0.1, 0.15) is 49.8 Å². The third-order valence-electron chi connectivity index (χ3n) is 3.76. The van der Waals surface area contributed by atoms with Gasteiger partial charge in [-0.1, -0.05) is 13.0 Å². The Balaban J connectivity index is 2.92.